The number of nitrogens with zero attached hydrogens (tertiary/aromatic N) is 2. The van der Waals surface area contributed by atoms with Crippen molar-refractivity contribution < 1.29 is 14.3 Å². The Labute approximate surface area is 130 Å². The van der Waals surface area contributed by atoms with E-state index in [2.05, 4.69) is 0 Å². The normalized spacial score (nSPS) is 24.5. The van der Waals surface area contributed by atoms with Gasteiger partial charge in [-0.25, -0.2) is 4.79 Å². The van der Waals surface area contributed by atoms with Crippen molar-refractivity contribution in [1.29, 1.82) is 0 Å². The number of amides is 2. The average molecular weight is 300 g/mol. The summed E-state index contributed by atoms with van der Waals surface area (Å²) in [5.74, 6) is -0.0179. The fraction of sp³-hybridized carbons (Fsp3) is 0.412. The second-order valence-electron chi connectivity index (χ2n) is 5.79. The Morgan fingerprint density at radius 2 is 2.09 bits per heavy atom. The van der Waals surface area contributed by atoms with Gasteiger partial charge in [0.15, 0.2) is 0 Å². The number of cyclic esters (lactones) is 1. The lowest BCUT2D eigenvalue weighted by molar-refractivity contribution is -0.130. The van der Waals surface area contributed by atoms with Crippen molar-refractivity contribution in [3.8, 4) is 0 Å². The van der Waals surface area contributed by atoms with Crippen molar-refractivity contribution in [2.75, 3.05) is 26.2 Å². The summed E-state index contributed by atoms with van der Waals surface area (Å²) in [5, 5.41) is 0. The molecule has 0 aromatic heterocycles. The van der Waals surface area contributed by atoms with Gasteiger partial charge in [0, 0.05) is 25.7 Å². The van der Waals surface area contributed by atoms with Gasteiger partial charge in [-0.1, -0.05) is 37.3 Å². The van der Waals surface area contributed by atoms with Crippen molar-refractivity contribution in [2.45, 2.75) is 18.9 Å². The maximum Gasteiger partial charge on any atom is 0.410 e. The van der Waals surface area contributed by atoms with E-state index < -0.39 is 0 Å². The smallest absolute Gasteiger partial charge is 0.410 e. The SMILES string of the molecule is CCC12COC(=O)N1CCN(C(=O)/C=C/c1ccccc1)C2. The molecule has 0 radical (unpaired) electrons. The van der Waals surface area contributed by atoms with E-state index in [4.69, 9.17) is 4.74 Å². The minimum absolute atomic E-state index is 0.0179. The molecule has 0 spiro atoms. The molecule has 2 aliphatic heterocycles. The van der Waals surface area contributed by atoms with Gasteiger partial charge in [0.25, 0.3) is 0 Å². The first-order valence-electron chi connectivity index (χ1n) is 7.61. The number of carbonyl (C=O) groups is 2. The summed E-state index contributed by atoms with van der Waals surface area (Å²) < 4.78 is 5.18. The highest BCUT2D eigenvalue weighted by Gasteiger charge is 2.50. The summed E-state index contributed by atoms with van der Waals surface area (Å²) in [6.07, 6.45) is 3.95. The zero-order valence-electron chi connectivity index (χ0n) is 12.7. The molecule has 5 heteroatoms. The number of carbonyl (C=O) groups excluding carboxylic acids is 2. The number of hydrogen-bond donors (Lipinski definition) is 0. The van der Waals surface area contributed by atoms with Crippen LogP contribution in [0.25, 0.3) is 6.08 Å². The Morgan fingerprint density at radius 1 is 1.32 bits per heavy atom. The van der Waals surface area contributed by atoms with Crippen LogP contribution in [0.2, 0.25) is 0 Å². The van der Waals surface area contributed by atoms with Gasteiger partial charge in [-0.3, -0.25) is 9.69 Å². The summed E-state index contributed by atoms with van der Waals surface area (Å²) in [4.78, 5) is 27.7. The fourth-order valence-electron chi connectivity index (χ4n) is 3.09. The molecule has 0 saturated carbocycles. The minimum Gasteiger partial charge on any atom is -0.447 e. The van der Waals surface area contributed by atoms with E-state index in [9.17, 15) is 9.59 Å². The lowest BCUT2D eigenvalue weighted by Gasteiger charge is -2.43. The molecule has 22 heavy (non-hydrogen) atoms. The molecular formula is C17H20N2O3. The van der Waals surface area contributed by atoms with Crippen LogP contribution in [-0.4, -0.2) is 53.6 Å². The van der Waals surface area contributed by atoms with Crippen LogP contribution in [0.5, 0.6) is 0 Å². The summed E-state index contributed by atoms with van der Waals surface area (Å²) >= 11 is 0. The summed E-state index contributed by atoms with van der Waals surface area (Å²) in [6.45, 7) is 4.02. The maximum absolute atomic E-state index is 12.4. The molecule has 1 atom stereocenters. The lowest BCUT2D eigenvalue weighted by atomic mass is 9.93. The van der Waals surface area contributed by atoms with Crippen LogP contribution >= 0.6 is 0 Å². The Balaban J connectivity index is 1.70. The molecule has 0 aliphatic carbocycles. The third-order valence-corrected chi connectivity index (χ3v) is 4.52. The second-order valence-corrected chi connectivity index (χ2v) is 5.79. The molecule has 2 heterocycles. The zero-order chi connectivity index (χ0) is 15.6. The molecule has 116 valence electrons. The number of hydrogen-bond acceptors (Lipinski definition) is 3. The molecule has 0 N–H and O–H groups in total. The maximum atomic E-state index is 12.4. The van der Waals surface area contributed by atoms with Crippen LogP contribution in [0.1, 0.15) is 18.9 Å². The number of rotatable bonds is 3. The van der Waals surface area contributed by atoms with Gasteiger partial charge in [0.2, 0.25) is 5.91 Å². The van der Waals surface area contributed by atoms with Gasteiger partial charge in [-0.15, -0.1) is 0 Å². The highest BCUT2D eigenvalue weighted by Crippen LogP contribution is 2.31. The van der Waals surface area contributed by atoms with Gasteiger partial charge in [0.1, 0.15) is 6.61 Å². The largest absolute Gasteiger partial charge is 0.447 e. The zero-order valence-corrected chi connectivity index (χ0v) is 12.7. The molecule has 2 fully saturated rings. The quantitative estimate of drug-likeness (QED) is 0.804. The number of fused-ring (bicyclic) bond motifs is 1. The van der Waals surface area contributed by atoms with Crippen LogP contribution in [0.4, 0.5) is 4.79 Å². The van der Waals surface area contributed by atoms with Gasteiger partial charge in [-0.2, -0.15) is 0 Å². The van der Waals surface area contributed by atoms with Crippen molar-refractivity contribution in [2.24, 2.45) is 0 Å². The van der Waals surface area contributed by atoms with E-state index in [-0.39, 0.29) is 17.5 Å². The molecule has 1 aromatic carbocycles. The third kappa shape index (κ3) is 2.58. The first kappa shape index (κ1) is 14.6. The number of piperazine rings is 1. The predicted molar refractivity (Wildman–Crippen MR) is 83.1 cm³/mol. The minimum atomic E-state index is -0.356. The molecule has 3 rings (SSSR count). The highest BCUT2D eigenvalue weighted by atomic mass is 16.6. The van der Waals surface area contributed by atoms with Crippen LogP contribution in [0.15, 0.2) is 36.4 Å². The molecule has 0 bridgehead atoms. The second kappa shape index (κ2) is 5.83. The van der Waals surface area contributed by atoms with Crippen LogP contribution < -0.4 is 0 Å². The third-order valence-electron chi connectivity index (χ3n) is 4.52. The molecule has 2 saturated heterocycles. The fourth-order valence-corrected chi connectivity index (χ4v) is 3.09. The van der Waals surface area contributed by atoms with Crippen LogP contribution in [0.3, 0.4) is 0 Å². The van der Waals surface area contributed by atoms with Crippen LogP contribution in [-0.2, 0) is 9.53 Å². The van der Waals surface area contributed by atoms with Gasteiger partial charge >= 0.3 is 6.09 Å². The standard InChI is InChI=1S/C17H20N2O3/c1-2-17-12-18(10-11-19(17)16(21)22-13-17)15(20)9-8-14-6-4-3-5-7-14/h3-9H,2,10-13H2,1H3/b9-8+. The van der Waals surface area contributed by atoms with Gasteiger partial charge in [-0.05, 0) is 18.1 Å². The van der Waals surface area contributed by atoms with Crippen molar-refractivity contribution in [3.63, 3.8) is 0 Å². The molecule has 2 amide bonds. The van der Waals surface area contributed by atoms with Crippen LogP contribution in [0, 0.1) is 0 Å². The van der Waals surface area contributed by atoms with E-state index in [0.717, 1.165) is 12.0 Å². The highest BCUT2D eigenvalue weighted by molar-refractivity contribution is 5.92. The Hall–Kier alpha value is -2.30. The monoisotopic (exact) mass is 300 g/mol. The first-order chi connectivity index (χ1) is 10.6. The Kier molecular flexibility index (Phi) is 3.88. The Bertz CT molecular complexity index is 599. The summed E-state index contributed by atoms with van der Waals surface area (Å²) in [7, 11) is 0. The number of benzene rings is 1. The van der Waals surface area contributed by atoms with Crippen molar-refractivity contribution in [3.05, 3.63) is 42.0 Å². The molecule has 5 nitrogen and oxygen atoms in total. The lowest BCUT2D eigenvalue weighted by Crippen LogP contribution is -2.61. The van der Waals surface area contributed by atoms with Crippen molar-refractivity contribution >= 4 is 18.1 Å². The van der Waals surface area contributed by atoms with Gasteiger partial charge in [0.05, 0.1) is 5.54 Å². The molecule has 2 aliphatic rings. The van der Waals surface area contributed by atoms with E-state index in [1.54, 1.807) is 15.9 Å². The van der Waals surface area contributed by atoms with E-state index in [1.807, 2.05) is 43.3 Å². The number of ether oxygens (including phenoxy) is 1. The van der Waals surface area contributed by atoms with E-state index in [1.165, 1.54) is 0 Å². The summed E-state index contributed by atoms with van der Waals surface area (Å²) in [6, 6.07) is 9.74. The topological polar surface area (TPSA) is 49.9 Å². The predicted octanol–water partition coefficient (Wildman–Crippen LogP) is 2.14. The molecule has 1 aromatic rings. The first-order valence-corrected chi connectivity index (χ1v) is 7.61. The Morgan fingerprint density at radius 3 is 2.82 bits per heavy atom. The van der Waals surface area contributed by atoms with E-state index >= 15 is 0 Å². The molecular weight excluding hydrogens is 280 g/mol. The van der Waals surface area contributed by atoms with Crippen molar-refractivity contribution in [1.82, 2.24) is 9.80 Å². The van der Waals surface area contributed by atoms with E-state index in [0.29, 0.717) is 26.2 Å². The van der Waals surface area contributed by atoms with Gasteiger partial charge < -0.3 is 9.64 Å². The molecule has 1 unspecified atom stereocenters. The average Bonchev–Trinajstić information content (AvgIpc) is 2.91. The summed E-state index contributed by atoms with van der Waals surface area (Å²) in [5.41, 5.74) is 0.644.